The molecule has 0 saturated carbocycles. The predicted molar refractivity (Wildman–Crippen MR) is 107 cm³/mol. The lowest BCUT2D eigenvalue weighted by Crippen LogP contribution is -1.96. The minimum Gasteiger partial charge on any atom is -0.326 e. The number of H-pyrrole nitrogens is 1. The summed E-state index contributed by atoms with van der Waals surface area (Å²) >= 11 is 5.70. The van der Waals surface area contributed by atoms with Gasteiger partial charge < -0.3 is 5.73 Å². The van der Waals surface area contributed by atoms with Crippen molar-refractivity contribution in [3.63, 3.8) is 0 Å². The van der Waals surface area contributed by atoms with E-state index in [1.54, 1.807) is 23.7 Å². The fourth-order valence-electron chi connectivity index (χ4n) is 2.38. The number of rotatable bonds is 3. The highest BCUT2D eigenvalue weighted by Gasteiger charge is 2.09. The van der Waals surface area contributed by atoms with Crippen LogP contribution in [-0.4, -0.2) is 15.2 Å². The minimum absolute atomic E-state index is 0.534. The number of hydrogen-bond donors (Lipinski definition) is 3. The van der Waals surface area contributed by atoms with E-state index in [9.17, 15) is 0 Å². The normalized spacial score (nSPS) is 10.2. The van der Waals surface area contributed by atoms with Crippen molar-refractivity contribution in [1.82, 2.24) is 15.2 Å². The summed E-state index contributed by atoms with van der Waals surface area (Å²) < 4.78 is 1.08. The Morgan fingerprint density at radius 1 is 1.04 bits per heavy atom. The lowest BCUT2D eigenvalue weighted by Gasteiger charge is -2.05. The van der Waals surface area contributed by atoms with Crippen molar-refractivity contribution in [2.24, 2.45) is 5.73 Å². The Morgan fingerprint density at radius 3 is 2.52 bits per heavy atom. The van der Waals surface area contributed by atoms with Gasteiger partial charge >= 0.3 is 0 Å². The van der Waals surface area contributed by atoms with Gasteiger partial charge in [0.05, 0.1) is 16.1 Å². The van der Waals surface area contributed by atoms with Gasteiger partial charge in [0.2, 0.25) is 0 Å². The first kappa shape index (κ1) is 17.4. The van der Waals surface area contributed by atoms with Crippen molar-refractivity contribution in [2.75, 3.05) is 0 Å². The van der Waals surface area contributed by atoms with Gasteiger partial charge in [-0.2, -0.15) is 5.10 Å². The molecule has 126 valence electrons. The molecule has 0 unspecified atom stereocenters. The van der Waals surface area contributed by atoms with Crippen LogP contribution < -0.4 is 5.73 Å². The molecule has 0 amide bonds. The Kier molecular flexibility index (Phi) is 6.00. The van der Waals surface area contributed by atoms with E-state index in [0.717, 1.165) is 32.2 Å². The fourth-order valence-corrected chi connectivity index (χ4v) is 3.10. The van der Waals surface area contributed by atoms with Crippen LogP contribution in [0, 0.1) is 0 Å². The summed E-state index contributed by atoms with van der Waals surface area (Å²) in [6, 6.07) is 16.1. The Bertz CT molecular complexity index is 902. The number of aromatic amines is 1. The zero-order valence-electron chi connectivity index (χ0n) is 13.5. The minimum atomic E-state index is 0.534. The maximum atomic E-state index is 5.69. The first-order valence-electron chi connectivity index (χ1n) is 7.73. The Morgan fingerprint density at radius 2 is 1.88 bits per heavy atom. The first-order chi connectivity index (χ1) is 12.3. The third-order valence-corrected chi connectivity index (χ3v) is 4.72. The largest absolute Gasteiger partial charge is 0.326 e. The molecule has 25 heavy (non-hydrogen) atoms. The average molecular weight is 367 g/mol. The van der Waals surface area contributed by atoms with Crippen LogP contribution in [0.25, 0.3) is 22.4 Å². The van der Waals surface area contributed by atoms with E-state index in [-0.39, 0.29) is 0 Å². The van der Waals surface area contributed by atoms with Crippen LogP contribution >= 0.6 is 24.0 Å². The summed E-state index contributed by atoms with van der Waals surface area (Å²) in [5.74, 6) is 0. The van der Waals surface area contributed by atoms with Gasteiger partial charge in [0.1, 0.15) is 0 Å². The van der Waals surface area contributed by atoms with Crippen molar-refractivity contribution >= 4 is 24.0 Å². The maximum absolute atomic E-state index is 5.69. The van der Waals surface area contributed by atoms with Crippen LogP contribution in [0.5, 0.6) is 0 Å². The van der Waals surface area contributed by atoms with Crippen LogP contribution in [0.1, 0.15) is 5.56 Å². The smallest absolute Gasteiger partial charge is 0.0728 e. The standard InChI is InChI=1S/C15H14N4.C4H4S2/c16-9-11-2-1-3-13(8-11)15-14(10-18-19-15)12-4-6-17-7-5-12;5-4-2-1-3-6-4/h1-8,10H,9,16H2,(H,18,19);1-3,5H. The molecule has 0 aliphatic rings. The molecule has 4 nitrogen and oxygen atoms in total. The number of nitrogens with zero attached hydrogens (tertiary/aromatic N) is 2. The molecule has 1 aromatic carbocycles. The van der Waals surface area contributed by atoms with Crippen LogP contribution in [0.3, 0.4) is 0 Å². The molecule has 0 spiro atoms. The molecule has 0 aliphatic heterocycles. The Hall–Kier alpha value is -2.41. The van der Waals surface area contributed by atoms with Crippen molar-refractivity contribution in [1.29, 1.82) is 0 Å². The van der Waals surface area contributed by atoms with Crippen molar-refractivity contribution in [2.45, 2.75) is 10.8 Å². The fraction of sp³-hybridized carbons (Fsp3) is 0.0526. The maximum Gasteiger partial charge on any atom is 0.0728 e. The van der Waals surface area contributed by atoms with Crippen molar-refractivity contribution in [3.05, 3.63) is 78.1 Å². The van der Waals surface area contributed by atoms with Crippen LogP contribution in [0.4, 0.5) is 0 Å². The predicted octanol–water partition coefficient (Wildman–Crippen LogP) is 4.63. The molecule has 0 bridgehead atoms. The van der Waals surface area contributed by atoms with Gasteiger partial charge in [-0.1, -0.05) is 24.3 Å². The summed E-state index contributed by atoms with van der Waals surface area (Å²) in [7, 11) is 0. The zero-order chi connectivity index (χ0) is 17.5. The van der Waals surface area contributed by atoms with E-state index in [2.05, 4.69) is 39.9 Å². The molecule has 3 N–H and O–H groups in total. The molecular formula is C19H18N4S2. The average Bonchev–Trinajstić information content (AvgIpc) is 3.34. The highest BCUT2D eigenvalue weighted by Crippen LogP contribution is 2.29. The van der Waals surface area contributed by atoms with E-state index in [4.69, 9.17) is 5.73 Å². The molecule has 6 heteroatoms. The lowest BCUT2D eigenvalue weighted by atomic mass is 10.0. The molecule has 0 fully saturated rings. The van der Waals surface area contributed by atoms with Crippen molar-refractivity contribution < 1.29 is 0 Å². The second-order valence-corrected chi connectivity index (χ2v) is 6.98. The number of nitrogens with two attached hydrogens (primary N) is 1. The summed E-state index contributed by atoms with van der Waals surface area (Å²) in [6.45, 7) is 0.534. The van der Waals surface area contributed by atoms with Gasteiger partial charge in [0.15, 0.2) is 0 Å². The number of nitrogens with one attached hydrogen (secondary N) is 1. The summed E-state index contributed by atoms with van der Waals surface area (Å²) in [6.07, 6.45) is 5.39. The molecule has 4 rings (SSSR count). The SMILES string of the molecule is NCc1cccc(-c2[nH]ncc2-c2ccncc2)c1.Sc1cccs1. The van der Waals surface area contributed by atoms with Gasteiger partial charge in [-0.15, -0.1) is 24.0 Å². The topological polar surface area (TPSA) is 67.6 Å². The third-order valence-electron chi connectivity index (χ3n) is 3.59. The van der Waals surface area contributed by atoms with Crippen LogP contribution in [0.2, 0.25) is 0 Å². The lowest BCUT2D eigenvalue weighted by molar-refractivity contribution is 1.07. The molecule has 0 radical (unpaired) electrons. The number of thiol groups is 1. The second-order valence-electron chi connectivity index (χ2n) is 5.25. The van der Waals surface area contributed by atoms with Gasteiger partial charge in [0.25, 0.3) is 0 Å². The monoisotopic (exact) mass is 366 g/mol. The summed E-state index contributed by atoms with van der Waals surface area (Å²) in [4.78, 5) is 4.04. The van der Waals surface area contributed by atoms with Gasteiger partial charge in [-0.05, 0) is 40.8 Å². The second kappa shape index (κ2) is 8.62. The van der Waals surface area contributed by atoms with Crippen molar-refractivity contribution in [3.8, 4) is 22.4 Å². The zero-order valence-corrected chi connectivity index (χ0v) is 15.2. The number of pyridine rings is 1. The molecule has 0 atom stereocenters. The highest BCUT2D eigenvalue weighted by atomic mass is 32.2. The van der Waals surface area contributed by atoms with Gasteiger partial charge in [-0.3, -0.25) is 10.1 Å². The molecule has 4 aromatic rings. The van der Waals surface area contributed by atoms with E-state index < -0.39 is 0 Å². The van der Waals surface area contributed by atoms with E-state index >= 15 is 0 Å². The van der Waals surface area contributed by atoms with Gasteiger partial charge in [0, 0.05) is 30.1 Å². The Balaban J connectivity index is 0.000000258. The highest BCUT2D eigenvalue weighted by molar-refractivity contribution is 7.82. The van der Waals surface area contributed by atoms with E-state index in [1.165, 1.54) is 0 Å². The molecule has 3 heterocycles. The molecular weight excluding hydrogens is 348 g/mol. The number of benzene rings is 1. The van der Waals surface area contributed by atoms with Crippen LogP contribution in [0.15, 0.2) is 76.7 Å². The Labute approximate surface area is 156 Å². The van der Waals surface area contributed by atoms with Crippen LogP contribution in [-0.2, 0) is 6.54 Å². The third kappa shape index (κ3) is 4.57. The molecule has 0 saturated heterocycles. The summed E-state index contributed by atoms with van der Waals surface area (Å²) in [5, 5.41) is 9.22. The first-order valence-corrected chi connectivity index (χ1v) is 9.06. The van der Waals surface area contributed by atoms with Gasteiger partial charge in [-0.25, -0.2) is 0 Å². The van der Waals surface area contributed by atoms with E-state index in [1.807, 2.05) is 48.0 Å². The molecule has 3 aromatic heterocycles. The number of hydrogen-bond acceptors (Lipinski definition) is 5. The van der Waals surface area contributed by atoms with E-state index in [0.29, 0.717) is 6.54 Å². The quantitative estimate of drug-likeness (QED) is 0.463. The molecule has 0 aliphatic carbocycles. The number of thiophene rings is 1. The number of aromatic nitrogens is 3. The summed E-state index contributed by atoms with van der Waals surface area (Å²) in [5.41, 5.74) is 11.0.